The molecule has 0 aliphatic heterocycles. The molecule has 2 aromatic rings. The summed E-state index contributed by atoms with van der Waals surface area (Å²) in [5.74, 6) is -18.2. The molecule has 0 fully saturated rings. The van der Waals surface area contributed by atoms with Gasteiger partial charge in [0.15, 0.2) is 0 Å². The van der Waals surface area contributed by atoms with Crippen molar-refractivity contribution in [2.24, 2.45) is 40.7 Å². The van der Waals surface area contributed by atoms with Gasteiger partial charge in [0, 0.05) is 29.9 Å². The molecule has 0 saturated heterocycles. The van der Waals surface area contributed by atoms with Crippen LogP contribution in [0.4, 0.5) is 0 Å². The van der Waals surface area contributed by atoms with Crippen LogP contribution in [0.15, 0.2) is 30.5 Å². The Hall–Kier alpha value is -8.86. The number of nitrogens with two attached hydrogens (primary N) is 4. The number of amides is 13. The molecule has 97 heavy (non-hydrogen) atoms. The maximum atomic E-state index is 14.2. The molecule has 13 amide bonds. The molecule has 0 aliphatic carbocycles. The predicted molar refractivity (Wildman–Crippen MR) is 351 cm³/mol. The van der Waals surface area contributed by atoms with Gasteiger partial charge in [0.2, 0.25) is 76.8 Å². The lowest BCUT2D eigenvalue weighted by molar-refractivity contribution is -0.144. The van der Waals surface area contributed by atoms with Gasteiger partial charge in [-0.25, -0.2) is 4.79 Å². The summed E-state index contributed by atoms with van der Waals surface area (Å²) < 4.78 is 0. The minimum Gasteiger partial charge on any atom is -0.480 e. The van der Waals surface area contributed by atoms with Crippen LogP contribution in [0.2, 0.25) is 0 Å². The van der Waals surface area contributed by atoms with Gasteiger partial charge in [0.1, 0.15) is 60.4 Å². The molecule has 1 heterocycles. The van der Waals surface area contributed by atoms with Gasteiger partial charge in [-0.1, -0.05) is 112 Å². The summed E-state index contributed by atoms with van der Waals surface area (Å²) in [6.07, 6.45) is -0.694. The van der Waals surface area contributed by atoms with E-state index in [2.05, 4.69) is 65.1 Å². The van der Waals surface area contributed by atoms with Gasteiger partial charge < -0.3 is 107 Å². The normalized spacial score (nSPS) is 15.7. The number of nitrogens with one attached hydrogen (secondary N) is 11. The second kappa shape index (κ2) is 42.6. The Balaban J connectivity index is 2.39. The largest absolute Gasteiger partial charge is 0.480 e. The number of aliphatic hydroxyl groups is 4. The van der Waals surface area contributed by atoms with Crippen LogP contribution < -0.4 is 76.1 Å². The highest BCUT2D eigenvalue weighted by Gasteiger charge is 2.39. The number of carboxylic acid groups (broad SMARTS) is 1. The Kier molecular flexibility index (Phi) is 37.0. The van der Waals surface area contributed by atoms with Crippen LogP contribution in [0.25, 0.3) is 10.9 Å². The van der Waals surface area contributed by atoms with Gasteiger partial charge in [0.25, 0.3) is 0 Å². The zero-order valence-corrected chi connectivity index (χ0v) is 56.4. The maximum absolute atomic E-state index is 14.2. The van der Waals surface area contributed by atoms with E-state index in [1.54, 1.807) is 44.3 Å². The number of para-hydroxylation sites is 1. The minimum absolute atomic E-state index is 0.162. The lowest BCUT2D eigenvalue weighted by Crippen LogP contribution is -2.63. The second-order valence-corrected chi connectivity index (χ2v) is 25.0. The molecule has 0 saturated carbocycles. The average Bonchev–Trinajstić information content (AvgIpc) is 1.74. The Labute approximate surface area is 562 Å². The molecule has 1 aromatic heterocycles. The summed E-state index contributed by atoms with van der Waals surface area (Å²) in [6.45, 7) is 11.1. The molecule has 0 spiro atoms. The van der Waals surface area contributed by atoms with Crippen molar-refractivity contribution in [1.29, 1.82) is 0 Å². The summed E-state index contributed by atoms with van der Waals surface area (Å²) in [6, 6.07) is -10.5. The first-order valence-corrected chi connectivity index (χ1v) is 32.6. The van der Waals surface area contributed by atoms with Crippen molar-refractivity contribution < 1.29 is 92.7 Å². The van der Waals surface area contributed by atoms with E-state index in [0.29, 0.717) is 35.7 Å². The van der Waals surface area contributed by atoms with Crippen molar-refractivity contribution in [2.75, 3.05) is 13.2 Å². The molecule has 14 atom stereocenters. The second-order valence-electron chi connectivity index (χ2n) is 25.0. The highest BCUT2D eigenvalue weighted by atomic mass is 16.4. The van der Waals surface area contributed by atoms with Gasteiger partial charge >= 0.3 is 5.97 Å². The van der Waals surface area contributed by atoms with E-state index in [1.165, 1.54) is 27.7 Å². The van der Waals surface area contributed by atoms with Crippen molar-refractivity contribution >= 4 is 93.7 Å². The van der Waals surface area contributed by atoms with Crippen LogP contribution in [-0.2, 0) is 73.5 Å². The summed E-state index contributed by atoms with van der Waals surface area (Å²) in [5, 5.41) is 76.6. The number of H-pyrrole nitrogens is 1. The van der Waals surface area contributed by atoms with Crippen molar-refractivity contribution in [3.63, 3.8) is 0 Å². The van der Waals surface area contributed by atoms with Crippen LogP contribution >= 0.6 is 0 Å². The molecule has 34 heteroatoms. The Morgan fingerprint density at radius 3 is 1.41 bits per heavy atom. The van der Waals surface area contributed by atoms with E-state index >= 15 is 0 Å². The van der Waals surface area contributed by atoms with Crippen LogP contribution in [0.5, 0.6) is 0 Å². The van der Waals surface area contributed by atoms with Gasteiger partial charge in [-0.2, -0.15) is 0 Å². The number of aromatic amines is 1. The first kappa shape index (κ1) is 84.2. The lowest BCUT2D eigenvalue weighted by Gasteiger charge is -2.30. The van der Waals surface area contributed by atoms with Crippen molar-refractivity contribution in [3.05, 3.63) is 36.0 Å². The summed E-state index contributed by atoms with van der Waals surface area (Å²) in [4.78, 5) is 191. The highest BCUT2D eigenvalue weighted by molar-refractivity contribution is 6.01. The van der Waals surface area contributed by atoms with Gasteiger partial charge in [-0.3, -0.25) is 62.3 Å². The SMILES string of the molecule is CCCCCCCCC(O)CC(=O)N[C@H](CC(N)=O)C(=O)N[C@@H](C(=O)N[C@@H](C(=O)N[C@@H](CC(N)=O)C(=O)N[C@H](CC(N)=O)C(=O)N[C@@H](C[C@H](O)CCN)C(=O)N[C@@H](C(=O)N[C@@H](CO)C(=O)N[C@H](Cc1c[nH]c2ccccc12)C(=O)N[C@@H](C(=O)O)[C@@H](C)CC)[C@@H](C)O)C(C)C)C(C)C. The zero-order valence-electron chi connectivity index (χ0n) is 56.4. The molecule has 0 aliphatic rings. The summed E-state index contributed by atoms with van der Waals surface area (Å²) in [5.41, 5.74) is 23.2. The third-order valence-electron chi connectivity index (χ3n) is 16.0. The molecule has 1 aromatic carbocycles. The lowest BCUT2D eigenvalue weighted by atomic mass is 9.98. The van der Waals surface area contributed by atoms with E-state index in [-0.39, 0.29) is 19.4 Å². The molecule has 544 valence electrons. The molecule has 24 N–H and O–H groups in total. The monoisotopic (exact) mass is 1370 g/mol. The summed E-state index contributed by atoms with van der Waals surface area (Å²) in [7, 11) is 0. The summed E-state index contributed by atoms with van der Waals surface area (Å²) >= 11 is 0. The minimum atomic E-state index is -2.06. The van der Waals surface area contributed by atoms with E-state index in [4.69, 9.17) is 22.9 Å². The smallest absolute Gasteiger partial charge is 0.326 e. The predicted octanol–water partition coefficient (Wildman–Crippen LogP) is -4.40. The Morgan fingerprint density at radius 1 is 0.474 bits per heavy atom. The number of carbonyl (C=O) groups excluding carboxylic acids is 13. The number of aliphatic carboxylic acids is 1. The fraction of sp³-hybridized carbons (Fsp3) is 0.651. The average molecular weight is 1370 g/mol. The van der Waals surface area contributed by atoms with E-state index in [0.717, 1.165) is 39.0 Å². The van der Waals surface area contributed by atoms with Gasteiger partial charge in [0.05, 0.1) is 50.6 Å². The Morgan fingerprint density at radius 2 is 0.897 bits per heavy atom. The number of aliphatic hydroxyl groups excluding tert-OH is 4. The quantitative estimate of drug-likeness (QED) is 0.0278. The van der Waals surface area contributed by atoms with Gasteiger partial charge in [-0.15, -0.1) is 0 Å². The van der Waals surface area contributed by atoms with Gasteiger partial charge in [-0.05, 0) is 55.7 Å². The highest BCUT2D eigenvalue weighted by Crippen LogP contribution is 2.21. The number of aromatic nitrogens is 1. The number of benzene rings is 1. The van der Waals surface area contributed by atoms with Crippen LogP contribution in [-0.4, -0.2) is 205 Å². The molecular formula is C63H103N15O19. The number of hydrogen-bond acceptors (Lipinski definition) is 19. The number of primary amides is 3. The number of fused-ring (bicyclic) bond motifs is 1. The number of rotatable bonds is 47. The molecule has 2 rings (SSSR count). The topological polar surface area (TPSA) is 580 Å². The van der Waals surface area contributed by atoms with Crippen molar-refractivity contribution in [1.82, 2.24) is 58.2 Å². The molecule has 1 unspecified atom stereocenters. The van der Waals surface area contributed by atoms with E-state index in [1.807, 2.05) is 0 Å². The Bertz CT molecular complexity index is 3000. The number of unbranched alkanes of at least 4 members (excludes halogenated alkanes) is 5. The maximum Gasteiger partial charge on any atom is 0.326 e. The standard InChI is InChI=1S/C63H103N15O19/c1-9-11-12-13-14-15-18-36(81)25-49(86)69-42(26-46(65)83)58(91)75-51(32(5)6)61(94)76-50(31(3)4)60(93)73-44(28-48(67)85)55(88)72-43(27-47(66)84)54(87)71-41(24-37(82)21-22-64)57(90)78-53(34(8)80)62(95)74-45(30-79)59(92)70-40(56(89)77-52(63(96)97)33(7)10-2)23-35-29-68-39-20-17-16-19-38(35)39/h16-17,19-20,29,31-34,36-37,40-45,50-53,68,79-82H,9-15,18,21-28,30,64H2,1-8H3,(H2,65,83)(H2,66,84)(H2,67,85)(H,69,86)(H,70,92)(H,71,87)(H,72,88)(H,73,93)(H,74,95)(H,75,91)(H,76,94)(H,77,89)(H,78,90)(H,96,97)/t33-,34+,36?,37+,40+,41-,42+,43+,44-,45-,50+,51+,52+,53+/m0/s1. The van der Waals surface area contributed by atoms with Crippen LogP contribution in [0.3, 0.4) is 0 Å². The fourth-order valence-electron chi connectivity index (χ4n) is 10.2. The van der Waals surface area contributed by atoms with Crippen molar-refractivity contribution in [3.8, 4) is 0 Å². The molecule has 0 radical (unpaired) electrons. The first-order chi connectivity index (χ1) is 45.6. The zero-order chi connectivity index (χ0) is 73.4. The number of carbonyl (C=O) groups is 14. The van der Waals surface area contributed by atoms with E-state index in [9.17, 15) is 92.7 Å². The molecule has 34 nitrogen and oxygen atoms in total. The van der Waals surface area contributed by atoms with E-state index < -0.39 is 218 Å². The first-order valence-electron chi connectivity index (χ1n) is 32.6. The van der Waals surface area contributed by atoms with Crippen molar-refractivity contribution in [2.45, 2.75) is 230 Å². The van der Waals surface area contributed by atoms with Crippen LogP contribution in [0, 0.1) is 17.8 Å². The molecule has 0 bridgehead atoms. The third kappa shape index (κ3) is 29.6. The van der Waals surface area contributed by atoms with Crippen LogP contribution in [0.1, 0.15) is 151 Å². The number of hydrogen-bond donors (Lipinski definition) is 20. The number of carboxylic acids is 1. The molecular weight excluding hydrogens is 1270 g/mol. The fourth-order valence-corrected chi connectivity index (χ4v) is 10.2. The third-order valence-corrected chi connectivity index (χ3v) is 16.0.